The molecule has 1 aliphatic heterocycles. The van der Waals surface area contributed by atoms with Crippen molar-refractivity contribution in [1.82, 2.24) is 4.90 Å². The first kappa shape index (κ1) is 9.28. The van der Waals surface area contributed by atoms with Gasteiger partial charge in [-0.15, -0.1) is 0 Å². The molecule has 12 heavy (non-hydrogen) atoms. The summed E-state index contributed by atoms with van der Waals surface area (Å²) in [4.78, 5) is 2.19. The monoisotopic (exact) mass is 164 g/mol. The molecule has 0 spiro atoms. The smallest absolute Gasteiger partial charge is 0.103 e. The molecule has 1 rings (SSSR count). The standard InChI is InChI=1S/C10H16N2/c1-9-5-4-6-12(7-9)10(2,3)8-11/h1,4-7H2,2-3H3. The van der Waals surface area contributed by atoms with Gasteiger partial charge in [-0.25, -0.2) is 0 Å². The van der Waals surface area contributed by atoms with E-state index in [2.05, 4.69) is 17.5 Å². The van der Waals surface area contributed by atoms with E-state index in [0.717, 1.165) is 25.9 Å². The van der Waals surface area contributed by atoms with Crippen LogP contribution < -0.4 is 0 Å². The van der Waals surface area contributed by atoms with E-state index in [1.165, 1.54) is 5.57 Å². The van der Waals surface area contributed by atoms with Gasteiger partial charge in [0.15, 0.2) is 0 Å². The molecule has 1 aliphatic rings. The number of nitrogens with zero attached hydrogens (tertiary/aromatic N) is 2. The lowest BCUT2D eigenvalue weighted by molar-refractivity contribution is 0.164. The van der Waals surface area contributed by atoms with Crippen molar-refractivity contribution < 1.29 is 0 Å². The van der Waals surface area contributed by atoms with Crippen LogP contribution in [0.2, 0.25) is 0 Å². The van der Waals surface area contributed by atoms with Gasteiger partial charge < -0.3 is 0 Å². The molecule has 0 aromatic carbocycles. The maximum Gasteiger partial charge on any atom is 0.103 e. The lowest BCUT2D eigenvalue weighted by atomic mass is 9.98. The fraction of sp³-hybridized carbons (Fsp3) is 0.700. The molecule has 2 heteroatoms. The van der Waals surface area contributed by atoms with Gasteiger partial charge in [-0.3, -0.25) is 4.90 Å². The molecule has 0 bridgehead atoms. The van der Waals surface area contributed by atoms with Gasteiger partial charge in [0.25, 0.3) is 0 Å². The number of rotatable bonds is 1. The van der Waals surface area contributed by atoms with Crippen LogP contribution in [0.1, 0.15) is 26.7 Å². The van der Waals surface area contributed by atoms with Crippen LogP contribution in [0, 0.1) is 11.3 Å². The van der Waals surface area contributed by atoms with E-state index in [4.69, 9.17) is 5.26 Å². The highest BCUT2D eigenvalue weighted by Crippen LogP contribution is 2.21. The Morgan fingerprint density at radius 2 is 2.25 bits per heavy atom. The summed E-state index contributed by atoms with van der Waals surface area (Å²) >= 11 is 0. The molecule has 0 unspecified atom stereocenters. The lowest BCUT2D eigenvalue weighted by Crippen LogP contribution is -2.46. The molecule has 0 atom stereocenters. The van der Waals surface area contributed by atoms with Gasteiger partial charge in [0.1, 0.15) is 5.54 Å². The highest BCUT2D eigenvalue weighted by molar-refractivity contribution is 5.09. The Morgan fingerprint density at radius 3 is 2.75 bits per heavy atom. The Morgan fingerprint density at radius 1 is 1.58 bits per heavy atom. The molecule has 1 heterocycles. The third kappa shape index (κ3) is 1.86. The number of hydrogen-bond donors (Lipinski definition) is 0. The zero-order valence-corrected chi connectivity index (χ0v) is 7.93. The predicted octanol–water partition coefficient (Wildman–Crippen LogP) is 1.94. The van der Waals surface area contributed by atoms with Gasteiger partial charge in [0.2, 0.25) is 0 Å². The van der Waals surface area contributed by atoms with Crippen molar-refractivity contribution in [2.24, 2.45) is 0 Å². The lowest BCUT2D eigenvalue weighted by Gasteiger charge is -2.36. The summed E-state index contributed by atoms with van der Waals surface area (Å²) in [5.74, 6) is 0. The number of hydrogen-bond acceptors (Lipinski definition) is 2. The summed E-state index contributed by atoms with van der Waals surface area (Å²) in [7, 11) is 0. The van der Waals surface area contributed by atoms with Gasteiger partial charge in [0.05, 0.1) is 6.07 Å². The SMILES string of the molecule is C=C1CCCN(C(C)(C)C#N)C1. The highest BCUT2D eigenvalue weighted by Gasteiger charge is 2.28. The highest BCUT2D eigenvalue weighted by atomic mass is 15.2. The van der Waals surface area contributed by atoms with E-state index < -0.39 is 0 Å². The van der Waals surface area contributed by atoms with Crippen LogP contribution in [0.25, 0.3) is 0 Å². The molecule has 0 N–H and O–H groups in total. The van der Waals surface area contributed by atoms with E-state index >= 15 is 0 Å². The largest absolute Gasteiger partial charge is 0.282 e. The maximum absolute atomic E-state index is 8.91. The van der Waals surface area contributed by atoms with Crippen LogP contribution in [0.3, 0.4) is 0 Å². The molecule has 1 fully saturated rings. The van der Waals surface area contributed by atoms with Crippen LogP contribution in [0.5, 0.6) is 0 Å². The normalized spacial score (nSPS) is 20.6. The molecule has 0 aliphatic carbocycles. The molecular formula is C10H16N2. The molecule has 1 saturated heterocycles. The van der Waals surface area contributed by atoms with Crippen LogP contribution in [0.4, 0.5) is 0 Å². The van der Waals surface area contributed by atoms with Crippen LogP contribution >= 0.6 is 0 Å². The second kappa shape index (κ2) is 3.28. The van der Waals surface area contributed by atoms with Gasteiger partial charge >= 0.3 is 0 Å². The molecule has 0 saturated carbocycles. The summed E-state index contributed by atoms with van der Waals surface area (Å²) in [5, 5.41) is 8.91. The Kier molecular flexibility index (Phi) is 2.54. The van der Waals surface area contributed by atoms with Crippen molar-refractivity contribution >= 4 is 0 Å². The summed E-state index contributed by atoms with van der Waals surface area (Å²) in [6.07, 6.45) is 2.27. The number of piperidine rings is 1. The van der Waals surface area contributed by atoms with Crippen molar-refractivity contribution in [3.8, 4) is 6.07 Å². The van der Waals surface area contributed by atoms with Crippen molar-refractivity contribution in [1.29, 1.82) is 5.26 Å². The molecule has 2 nitrogen and oxygen atoms in total. The van der Waals surface area contributed by atoms with Crippen molar-refractivity contribution in [3.63, 3.8) is 0 Å². The Balaban J connectivity index is 2.64. The summed E-state index contributed by atoms with van der Waals surface area (Å²) in [6, 6.07) is 2.32. The van der Waals surface area contributed by atoms with E-state index in [1.807, 2.05) is 13.8 Å². The van der Waals surface area contributed by atoms with Crippen molar-refractivity contribution in [2.45, 2.75) is 32.2 Å². The summed E-state index contributed by atoms with van der Waals surface area (Å²) in [5.41, 5.74) is 0.924. The Hall–Kier alpha value is -0.810. The molecule has 0 amide bonds. The first-order chi connectivity index (χ1) is 5.56. The fourth-order valence-corrected chi connectivity index (χ4v) is 1.50. The third-order valence-corrected chi connectivity index (χ3v) is 2.44. The zero-order valence-electron chi connectivity index (χ0n) is 7.93. The Bertz CT molecular complexity index is 222. The van der Waals surface area contributed by atoms with Gasteiger partial charge in [-0.05, 0) is 26.7 Å². The predicted molar refractivity (Wildman–Crippen MR) is 49.6 cm³/mol. The minimum Gasteiger partial charge on any atom is -0.282 e. The average molecular weight is 164 g/mol. The average Bonchev–Trinajstić information content (AvgIpc) is 2.05. The van der Waals surface area contributed by atoms with Crippen LogP contribution in [0.15, 0.2) is 12.2 Å². The van der Waals surface area contributed by atoms with E-state index in [9.17, 15) is 0 Å². The second-order valence-corrected chi connectivity index (χ2v) is 3.95. The molecule has 0 radical (unpaired) electrons. The van der Waals surface area contributed by atoms with E-state index in [0.29, 0.717) is 0 Å². The quantitative estimate of drug-likeness (QED) is 0.554. The number of nitriles is 1. The van der Waals surface area contributed by atoms with Gasteiger partial charge in [-0.2, -0.15) is 5.26 Å². The van der Waals surface area contributed by atoms with Crippen LogP contribution in [-0.4, -0.2) is 23.5 Å². The first-order valence-electron chi connectivity index (χ1n) is 4.39. The fourth-order valence-electron chi connectivity index (χ4n) is 1.50. The minimum absolute atomic E-state index is 0.330. The minimum atomic E-state index is -0.330. The molecule has 66 valence electrons. The van der Waals surface area contributed by atoms with Gasteiger partial charge in [-0.1, -0.05) is 12.2 Å². The maximum atomic E-state index is 8.91. The Labute approximate surface area is 74.5 Å². The molecule has 0 aromatic rings. The first-order valence-corrected chi connectivity index (χ1v) is 4.39. The number of likely N-dealkylation sites (tertiary alicyclic amines) is 1. The summed E-state index contributed by atoms with van der Waals surface area (Å²) < 4.78 is 0. The van der Waals surface area contributed by atoms with Gasteiger partial charge in [0, 0.05) is 13.1 Å². The molecular weight excluding hydrogens is 148 g/mol. The third-order valence-electron chi connectivity index (χ3n) is 2.44. The summed E-state index contributed by atoms with van der Waals surface area (Å²) in [6.45, 7) is 9.81. The van der Waals surface area contributed by atoms with Crippen molar-refractivity contribution in [2.75, 3.05) is 13.1 Å². The van der Waals surface area contributed by atoms with Crippen molar-refractivity contribution in [3.05, 3.63) is 12.2 Å². The van der Waals surface area contributed by atoms with Crippen LogP contribution in [-0.2, 0) is 0 Å². The van der Waals surface area contributed by atoms with E-state index in [-0.39, 0.29) is 5.54 Å². The molecule has 0 aromatic heterocycles. The zero-order chi connectivity index (χ0) is 9.19. The second-order valence-electron chi connectivity index (χ2n) is 3.95. The topological polar surface area (TPSA) is 27.0 Å². The van der Waals surface area contributed by atoms with E-state index in [1.54, 1.807) is 0 Å².